The third-order valence-electron chi connectivity index (χ3n) is 2.08. The Bertz CT molecular complexity index is 377. The van der Waals surface area contributed by atoms with E-state index in [1.807, 2.05) is 0 Å². The smallest absolute Gasteiger partial charge is 0.347 e. The molecule has 0 bridgehead atoms. The summed E-state index contributed by atoms with van der Waals surface area (Å²) in [7, 11) is 0. The summed E-state index contributed by atoms with van der Waals surface area (Å²) in [5.74, 6) is -3.75. The Labute approximate surface area is 120 Å². The number of carbonyl (C=O) groups excluding carboxylic acids is 3. The second-order valence-electron chi connectivity index (χ2n) is 3.93. The molecule has 0 aliphatic rings. The molecule has 9 nitrogen and oxygen atoms in total. The van der Waals surface area contributed by atoms with Crippen molar-refractivity contribution in [1.82, 2.24) is 0 Å². The molecule has 0 fully saturated rings. The minimum Gasteiger partial charge on any atom is -0.481 e. The number of carboxylic acid groups (broad SMARTS) is 1. The van der Waals surface area contributed by atoms with Crippen molar-refractivity contribution in [2.24, 2.45) is 0 Å². The summed E-state index contributed by atoms with van der Waals surface area (Å²) in [6.07, 6.45) is -1.66. The Balaban J connectivity index is 3.89. The Kier molecular flexibility index (Phi) is 9.52. The molecular weight excluding hydrogens is 288 g/mol. The van der Waals surface area contributed by atoms with Gasteiger partial charge in [0.2, 0.25) is 0 Å². The predicted molar refractivity (Wildman–Crippen MR) is 66.0 cm³/mol. The van der Waals surface area contributed by atoms with Crippen LogP contribution in [0.25, 0.3) is 0 Å². The number of carboxylic acids is 1. The monoisotopic (exact) mass is 306 g/mol. The molecule has 1 unspecified atom stereocenters. The molecule has 0 heterocycles. The molecule has 0 spiro atoms. The highest BCUT2D eigenvalue weighted by molar-refractivity contribution is 5.81. The van der Waals surface area contributed by atoms with E-state index in [0.29, 0.717) is 0 Å². The van der Waals surface area contributed by atoms with Crippen molar-refractivity contribution in [2.45, 2.75) is 32.3 Å². The SMILES string of the molecule is CC(OC(=O)COC(=O)CCC(=O)O)C(=O)OCCCO. The summed E-state index contributed by atoms with van der Waals surface area (Å²) < 4.78 is 13.8. The zero-order valence-corrected chi connectivity index (χ0v) is 11.6. The van der Waals surface area contributed by atoms with Crippen LogP contribution in [0.2, 0.25) is 0 Å². The number of hydrogen-bond donors (Lipinski definition) is 2. The third-order valence-corrected chi connectivity index (χ3v) is 2.08. The molecule has 120 valence electrons. The van der Waals surface area contributed by atoms with E-state index in [1.54, 1.807) is 0 Å². The van der Waals surface area contributed by atoms with E-state index in [2.05, 4.69) is 14.2 Å². The molecule has 9 heteroatoms. The number of aliphatic carboxylic acids is 1. The number of rotatable bonds is 10. The second kappa shape index (κ2) is 10.6. The summed E-state index contributed by atoms with van der Waals surface area (Å²) in [5, 5.41) is 16.8. The van der Waals surface area contributed by atoms with Crippen molar-refractivity contribution in [3.05, 3.63) is 0 Å². The molecule has 0 aliphatic carbocycles. The van der Waals surface area contributed by atoms with Gasteiger partial charge in [-0.1, -0.05) is 0 Å². The molecule has 0 radical (unpaired) electrons. The summed E-state index contributed by atoms with van der Waals surface area (Å²) in [6, 6.07) is 0. The highest BCUT2D eigenvalue weighted by atomic mass is 16.6. The second-order valence-corrected chi connectivity index (χ2v) is 3.93. The first kappa shape index (κ1) is 18.8. The summed E-state index contributed by atoms with van der Waals surface area (Å²) in [6.45, 7) is 0.438. The van der Waals surface area contributed by atoms with Crippen LogP contribution in [0.4, 0.5) is 0 Å². The summed E-state index contributed by atoms with van der Waals surface area (Å²) in [4.78, 5) is 43.8. The lowest BCUT2D eigenvalue weighted by Gasteiger charge is -2.12. The molecule has 0 saturated heterocycles. The number of hydrogen-bond acceptors (Lipinski definition) is 8. The first-order valence-corrected chi connectivity index (χ1v) is 6.21. The van der Waals surface area contributed by atoms with Gasteiger partial charge in [-0.3, -0.25) is 9.59 Å². The lowest BCUT2D eigenvalue weighted by Crippen LogP contribution is -2.29. The topological polar surface area (TPSA) is 136 Å². The molecule has 0 saturated carbocycles. The maximum absolute atomic E-state index is 11.3. The largest absolute Gasteiger partial charge is 0.481 e. The number of aliphatic hydroxyl groups excluding tert-OH is 1. The van der Waals surface area contributed by atoms with Crippen LogP contribution in [0.15, 0.2) is 0 Å². The fourth-order valence-corrected chi connectivity index (χ4v) is 1.05. The minimum atomic E-state index is -1.17. The van der Waals surface area contributed by atoms with Crippen LogP contribution in [0.5, 0.6) is 0 Å². The summed E-state index contributed by atoms with van der Waals surface area (Å²) >= 11 is 0. The predicted octanol–water partition coefficient (Wildman–Crippen LogP) is -0.748. The fraction of sp³-hybridized carbons (Fsp3) is 0.667. The van der Waals surface area contributed by atoms with Gasteiger partial charge in [0.15, 0.2) is 12.7 Å². The van der Waals surface area contributed by atoms with E-state index in [1.165, 1.54) is 6.92 Å². The maximum Gasteiger partial charge on any atom is 0.347 e. The first-order valence-electron chi connectivity index (χ1n) is 6.21. The van der Waals surface area contributed by atoms with Crippen LogP contribution in [0, 0.1) is 0 Å². The zero-order chi connectivity index (χ0) is 16.3. The number of ether oxygens (including phenoxy) is 3. The molecule has 0 aliphatic heterocycles. The lowest BCUT2D eigenvalue weighted by molar-refractivity contribution is -0.171. The average Bonchev–Trinajstić information content (AvgIpc) is 2.42. The van der Waals surface area contributed by atoms with Crippen LogP contribution >= 0.6 is 0 Å². The molecule has 21 heavy (non-hydrogen) atoms. The molecular formula is C12H18O9. The van der Waals surface area contributed by atoms with Crippen molar-refractivity contribution < 1.29 is 43.6 Å². The molecule has 0 aromatic carbocycles. The zero-order valence-electron chi connectivity index (χ0n) is 11.6. The highest BCUT2D eigenvalue weighted by Crippen LogP contribution is 1.98. The molecule has 2 N–H and O–H groups in total. The van der Waals surface area contributed by atoms with Crippen LogP contribution in [0.3, 0.4) is 0 Å². The Morgan fingerprint density at radius 3 is 2.29 bits per heavy atom. The number of aliphatic hydroxyl groups is 1. The van der Waals surface area contributed by atoms with Gasteiger partial charge in [0.1, 0.15) is 0 Å². The quantitative estimate of drug-likeness (QED) is 0.303. The van der Waals surface area contributed by atoms with Gasteiger partial charge in [0.05, 0.1) is 19.4 Å². The van der Waals surface area contributed by atoms with Crippen LogP contribution in [0.1, 0.15) is 26.2 Å². The molecule has 0 amide bonds. The van der Waals surface area contributed by atoms with Crippen molar-refractivity contribution in [1.29, 1.82) is 0 Å². The van der Waals surface area contributed by atoms with Crippen molar-refractivity contribution in [2.75, 3.05) is 19.8 Å². The van der Waals surface area contributed by atoms with Gasteiger partial charge >= 0.3 is 23.9 Å². The van der Waals surface area contributed by atoms with E-state index < -0.39 is 43.0 Å². The van der Waals surface area contributed by atoms with Gasteiger partial charge in [0, 0.05) is 13.0 Å². The standard InChI is InChI=1S/C12H18O9/c1-8(12(18)19-6-2-5-13)21-11(17)7-20-10(16)4-3-9(14)15/h8,13H,2-7H2,1H3,(H,14,15). The van der Waals surface area contributed by atoms with Gasteiger partial charge in [-0.25, -0.2) is 9.59 Å². The van der Waals surface area contributed by atoms with Crippen molar-refractivity contribution >= 4 is 23.9 Å². The van der Waals surface area contributed by atoms with Gasteiger partial charge in [-0.05, 0) is 6.92 Å². The van der Waals surface area contributed by atoms with Crippen molar-refractivity contribution in [3.8, 4) is 0 Å². The average molecular weight is 306 g/mol. The number of esters is 3. The van der Waals surface area contributed by atoms with Crippen molar-refractivity contribution in [3.63, 3.8) is 0 Å². The molecule has 1 atom stereocenters. The highest BCUT2D eigenvalue weighted by Gasteiger charge is 2.20. The van der Waals surface area contributed by atoms with E-state index in [-0.39, 0.29) is 26.1 Å². The molecule has 0 rings (SSSR count). The van der Waals surface area contributed by atoms with E-state index in [4.69, 9.17) is 10.2 Å². The van der Waals surface area contributed by atoms with E-state index >= 15 is 0 Å². The molecule has 0 aromatic rings. The van der Waals surface area contributed by atoms with Gasteiger partial charge in [-0.2, -0.15) is 0 Å². The van der Waals surface area contributed by atoms with E-state index in [9.17, 15) is 19.2 Å². The van der Waals surface area contributed by atoms with Crippen LogP contribution in [-0.2, 0) is 33.4 Å². The van der Waals surface area contributed by atoms with Gasteiger partial charge < -0.3 is 24.4 Å². The maximum atomic E-state index is 11.3. The number of carbonyl (C=O) groups is 4. The van der Waals surface area contributed by atoms with E-state index in [0.717, 1.165) is 0 Å². The summed E-state index contributed by atoms with van der Waals surface area (Å²) in [5.41, 5.74) is 0. The first-order chi connectivity index (χ1) is 9.86. The Hall–Kier alpha value is -2.16. The van der Waals surface area contributed by atoms with Crippen LogP contribution < -0.4 is 0 Å². The minimum absolute atomic E-state index is 0.00139. The van der Waals surface area contributed by atoms with Crippen LogP contribution in [-0.4, -0.2) is 60.0 Å². The Morgan fingerprint density at radius 1 is 1.05 bits per heavy atom. The Morgan fingerprint density at radius 2 is 1.71 bits per heavy atom. The third kappa shape index (κ3) is 10.3. The van der Waals surface area contributed by atoms with Gasteiger partial charge in [-0.15, -0.1) is 0 Å². The fourth-order valence-electron chi connectivity index (χ4n) is 1.05. The van der Waals surface area contributed by atoms with Gasteiger partial charge in [0.25, 0.3) is 0 Å². The normalized spacial score (nSPS) is 11.3. The molecule has 0 aromatic heterocycles. The lowest BCUT2D eigenvalue weighted by atomic mass is 10.3.